The summed E-state index contributed by atoms with van der Waals surface area (Å²) >= 11 is 0. The molecule has 0 amide bonds. The minimum Gasteiger partial charge on any atom is -0.381 e. The number of fused-ring (bicyclic) bond motifs is 1. The maximum atomic E-state index is 5.44. The van der Waals surface area contributed by atoms with E-state index in [9.17, 15) is 0 Å². The van der Waals surface area contributed by atoms with E-state index >= 15 is 0 Å². The molecule has 0 radical (unpaired) electrons. The Morgan fingerprint density at radius 3 is 3.00 bits per heavy atom. The highest BCUT2D eigenvalue weighted by Gasteiger charge is 2.19. The summed E-state index contributed by atoms with van der Waals surface area (Å²) in [6.07, 6.45) is 4.92. The van der Waals surface area contributed by atoms with Crippen LogP contribution >= 0.6 is 0 Å². The van der Waals surface area contributed by atoms with Crippen LogP contribution in [0.25, 0.3) is 22.3 Å². The van der Waals surface area contributed by atoms with Gasteiger partial charge in [-0.05, 0) is 30.9 Å². The molecule has 4 rings (SSSR count). The number of benzene rings is 1. The molecule has 5 nitrogen and oxygen atoms in total. The third kappa shape index (κ3) is 2.45. The van der Waals surface area contributed by atoms with Crippen LogP contribution < -0.4 is 0 Å². The second-order valence-corrected chi connectivity index (χ2v) is 5.52. The number of aromatic nitrogens is 3. The van der Waals surface area contributed by atoms with Crippen LogP contribution in [-0.4, -0.2) is 28.3 Å². The molecule has 108 valence electrons. The van der Waals surface area contributed by atoms with E-state index in [0.29, 0.717) is 11.7 Å². The molecule has 5 heteroatoms. The summed E-state index contributed by atoms with van der Waals surface area (Å²) in [6.45, 7) is 1.68. The van der Waals surface area contributed by atoms with Crippen molar-refractivity contribution in [3.8, 4) is 11.4 Å². The molecule has 0 bridgehead atoms. The maximum absolute atomic E-state index is 5.44. The van der Waals surface area contributed by atoms with Crippen LogP contribution in [0.2, 0.25) is 0 Å². The number of nitrogens with one attached hydrogen (secondary N) is 1. The maximum Gasteiger partial charge on any atom is 0.227 e. The first kappa shape index (κ1) is 12.6. The molecule has 21 heavy (non-hydrogen) atoms. The van der Waals surface area contributed by atoms with Crippen LogP contribution in [0.15, 0.2) is 35.0 Å². The molecule has 1 aliphatic rings. The summed E-state index contributed by atoms with van der Waals surface area (Å²) in [6, 6.07) is 8.11. The molecule has 0 aliphatic carbocycles. The lowest BCUT2D eigenvalue weighted by molar-refractivity contribution is 0.0642. The first-order valence-electron chi connectivity index (χ1n) is 7.37. The molecule has 1 N–H and O–H groups in total. The molecule has 1 fully saturated rings. The molecule has 0 spiro atoms. The van der Waals surface area contributed by atoms with Crippen molar-refractivity contribution in [2.24, 2.45) is 5.92 Å². The predicted octanol–water partition coefficient (Wildman–Crippen LogP) is 3.19. The number of aromatic amines is 1. The lowest BCUT2D eigenvalue weighted by atomic mass is 9.97. The molecule has 0 saturated carbocycles. The van der Waals surface area contributed by atoms with Crippen LogP contribution in [-0.2, 0) is 11.2 Å². The predicted molar refractivity (Wildman–Crippen MR) is 78.8 cm³/mol. The smallest absolute Gasteiger partial charge is 0.227 e. The summed E-state index contributed by atoms with van der Waals surface area (Å²) in [4.78, 5) is 7.77. The molecule has 2 aromatic heterocycles. The van der Waals surface area contributed by atoms with Crippen molar-refractivity contribution in [2.75, 3.05) is 13.2 Å². The van der Waals surface area contributed by atoms with Crippen molar-refractivity contribution < 1.29 is 9.26 Å². The summed E-state index contributed by atoms with van der Waals surface area (Å²) in [5, 5.41) is 5.27. The monoisotopic (exact) mass is 283 g/mol. The summed E-state index contributed by atoms with van der Waals surface area (Å²) in [5.41, 5.74) is 2.10. The fourth-order valence-corrected chi connectivity index (χ4v) is 2.93. The average molecular weight is 283 g/mol. The van der Waals surface area contributed by atoms with E-state index in [2.05, 4.69) is 15.1 Å². The number of rotatable bonds is 3. The van der Waals surface area contributed by atoms with E-state index in [0.717, 1.165) is 54.8 Å². The number of nitrogens with zero attached hydrogens (tertiary/aromatic N) is 2. The van der Waals surface area contributed by atoms with Gasteiger partial charge in [0.15, 0.2) is 0 Å². The summed E-state index contributed by atoms with van der Waals surface area (Å²) in [7, 11) is 0. The van der Waals surface area contributed by atoms with Gasteiger partial charge in [0.25, 0.3) is 0 Å². The fourth-order valence-electron chi connectivity index (χ4n) is 2.93. The summed E-state index contributed by atoms with van der Waals surface area (Å²) < 4.78 is 10.8. The van der Waals surface area contributed by atoms with Crippen LogP contribution in [0.3, 0.4) is 0 Å². The topological polar surface area (TPSA) is 63.9 Å². The van der Waals surface area contributed by atoms with Crippen LogP contribution in [0, 0.1) is 5.92 Å². The van der Waals surface area contributed by atoms with Gasteiger partial charge in [-0.15, -0.1) is 0 Å². The SMILES string of the molecule is c1cc(-c2noc(CC3CCOCC3)n2)c2cc[nH]c2c1. The number of hydrogen-bond donors (Lipinski definition) is 1. The third-order valence-corrected chi connectivity index (χ3v) is 4.11. The van der Waals surface area contributed by atoms with Gasteiger partial charge < -0.3 is 14.2 Å². The molecule has 1 aliphatic heterocycles. The van der Waals surface area contributed by atoms with Crippen LogP contribution in [0.1, 0.15) is 18.7 Å². The number of H-pyrrole nitrogens is 1. The van der Waals surface area contributed by atoms with E-state index in [1.54, 1.807) is 0 Å². The molecular weight excluding hydrogens is 266 g/mol. The Hall–Kier alpha value is -2.14. The molecule has 3 heterocycles. The van der Waals surface area contributed by atoms with Crippen molar-refractivity contribution in [2.45, 2.75) is 19.3 Å². The first-order valence-corrected chi connectivity index (χ1v) is 7.37. The Morgan fingerprint density at radius 1 is 1.19 bits per heavy atom. The van der Waals surface area contributed by atoms with E-state index in [-0.39, 0.29) is 0 Å². The van der Waals surface area contributed by atoms with Gasteiger partial charge in [0.2, 0.25) is 11.7 Å². The van der Waals surface area contributed by atoms with Gasteiger partial charge in [-0.2, -0.15) is 4.98 Å². The van der Waals surface area contributed by atoms with Gasteiger partial charge >= 0.3 is 0 Å². The number of ether oxygens (including phenoxy) is 1. The zero-order chi connectivity index (χ0) is 14.1. The quantitative estimate of drug-likeness (QED) is 0.801. The molecule has 1 saturated heterocycles. The van der Waals surface area contributed by atoms with E-state index in [1.807, 2.05) is 30.5 Å². The molecule has 0 unspecified atom stereocenters. The second-order valence-electron chi connectivity index (χ2n) is 5.52. The second kappa shape index (κ2) is 5.33. The van der Waals surface area contributed by atoms with E-state index in [1.165, 1.54) is 0 Å². The Labute approximate surface area is 122 Å². The van der Waals surface area contributed by atoms with Crippen molar-refractivity contribution in [1.29, 1.82) is 0 Å². The van der Waals surface area contributed by atoms with Gasteiger partial charge in [-0.25, -0.2) is 0 Å². The molecule has 0 atom stereocenters. The van der Waals surface area contributed by atoms with Gasteiger partial charge in [-0.1, -0.05) is 17.3 Å². The van der Waals surface area contributed by atoms with Crippen molar-refractivity contribution in [3.63, 3.8) is 0 Å². The largest absolute Gasteiger partial charge is 0.381 e. The van der Waals surface area contributed by atoms with Gasteiger partial charge in [-0.3, -0.25) is 0 Å². The van der Waals surface area contributed by atoms with Gasteiger partial charge in [0, 0.05) is 42.3 Å². The fraction of sp³-hybridized carbons (Fsp3) is 0.375. The van der Waals surface area contributed by atoms with Gasteiger partial charge in [0.05, 0.1) is 0 Å². The zero-order valence-electron chi connectivity index (χ0n) is 11.7. The van der Waals surface area contributed by atoms with Crippen molar-refractivity contribution >= 4 is 10.9 Å². The molecule has 3 aromatic rings. The lowest BCUT2D eigenvalue weighted by Crippen LogP contribution is -2.17. The van der Waals surface area contributed by atoms with Crippen molar-refractivity contribution in [3.05, 3.63) is 36.4 Å². The van der Waals surface area contributed by atoms with E-state index < -0.39 is 0 Å². The Morgan fingerprint density at radius 2 is 2.10 bits per heavy atom. The lowest BCUT2D eigenvalue weighted by Gasteiger charge is -2.19. The van der Waals surface area contributed by atoms with Crippen LogP contribution in [0.4, 0.5) is 0 Å². The Kier molecular flexibility index (Phi) is 3.20. The van der Waals surface area contributed by atoms with Gasteiger partial charge in [0.1, 0.15) is 0 Å². The Balaban J connectivity index is 1.60. The highest BCUT2D eigenvalue weighted by molar-refractivity contribution is 5.93. The zero-order valence-corrected chi connectivity index (χ0v) is 11.7. The normalized spacial score (nSPS) is 16.6. The van der Waals surface area contributed by atoms with Crippen molar-refractivity contribution in [1.82, 2.24) is 15.1 Å². The molecular formula is C16H17N3O2. The minimum absolute atomic E-state index is 0.593. The highest BCUT2D eigenvalue weighted by atomic mass is 16.5. The van der Waals surface area contributed by atoms with E-state index in [4.69, 9.17) is 9.26 Å². The van der Waals surface area contributed by atoms with Crippen LogP contribution in [0.5, 0.6) is 0 Å². The third-order valence-electron chi connectivity index (χ3n) is 4.11. The highest BCUT2D eigenvalue weighted by Crippen LogP contribution is 2.27. The number of hydrogen-bond acceptors (Lipinski definition) is 4. The first-order chi connectivity index (χ1) is 10.4. The minimum atomic E-state index is 0.593. The molecule has 1 aromatic carbocycles. The Bertz CT molecular complexity index is 741. The summed E-state index contributed by atoms with van der Waals surface area (Å²) in [5.74, 6) is 1.99. The average Bonchev–Trinajstić information content (AvgIpc) is 3.16. The standard InChI is InChI=1S/C16H17N3O2/c1-2-13(12-4-7-17-14(12)3-1)16-18-15(21-19-16)10-11-5-8-20-9-6-11/h1-4,7,11,17H,5-6,8-10H2.